The largest absolute Gasteiger partial charge is 0.448 e. The van der Waals surface area contributed by atoms with Crippen LogP contribution in [0.3, 0.4) is 0 Å². The number of hydrogen-bond donors (Lipinski definition) is 1. The van der Waals surface area contributed by atoms with Gasteiger partial charge in [0.1, 0.15) is 6.04 Å². The lowest BCUT2D eigenvalue weighted by Gasteiger charge is -2.24. The Labute approximate surface area is 174 Å². The van der Waals surface area contributed by atoms with Crippen molar-refractivity contribution in [3.63, 3.8) is 0 Å². The Morgan fingerprint density at radius 2 is 1.80 bits per heavy atom. The normalized spacial score (nSPS) is 18.4. The van der Waals surface area contributed by atoms with Gasteiger partial charge in [0.2, 0.25) is 15.8 Å². The number of aromatic nitrogens is 1. The van der Waals surface area contributed by atoms with Crippen molar-refractivity contribution in [2.75, 3.05) is 12.8 Å². The number of rotatable bonds is 6. The number of nitrogens with zero attached hydrogens (tertiary/aromatic N) is 1. The number of sulfonamides is 1. The van der Waals surface area contributed by atoms with Crippen molar-refractivity contribution in [3.8, 4) is 0 Å². The monoisotopic (exact) mass is 426 g/mol. The van der Waals surface area contributed by atoms with Gasteiger partial charge in [-0.05, 0) is 18.9 Å². The lowest BCUT2D eigenvalue weighted by molar-refractivity contribution is -0.151. The van der Waals surface area contributed by atoms with Gasteiger partial charge in [0.25, 0.3) is 0 Å². The van der Waals surface area contributed by atoms with E-state index in [9.17, 15) is 18.0 Å². The number of ether oxygens (including phenoxy) is 1. The van der Waals surface area contributed by atoms with Crippen molar-refractivity contribution in [1.82, 2.24) is 9.29 Å². The summed E-state index contributed by atoms with van der Waals surface area (Å²) >= 11 is 0. The summed E-state index contributed by atoms with van der Waals surface area (Å²) in [6, 6.07) is 15.2. The lowest BCUT2D eigenvalue weighted by atomic mass is 9.99. The second kappa shape index (κ2) is 8.04. The molecule has 1 aromatic heterocycles. The first-order valence-corrected chi connectivity index (χ1v) is 11.5. The van der Waals surface area contributed by atoms with E-state index < -0.39 is 28.1 Å². The van der Waals surface area contributed by atoms with E-state index >= 15 is 0 Å². The quantitative estimate of drug-likeness (QED) is 0.483. The average molecular weight is 426 g/mol. The van der Waals surface area contributed by atoms with Gasteiger partial charge in [-0.1, -0.05) is 48.5 Å². The number of carbonyl (C=O) groups is 2. The third-order valence-corrected chi connectivity index (χ3v) is 6.62. The number of H-pyrrole nitrogens is 1. The molecule has 2 heterocycles. The van der Waals surface area contributed by atoms with Crippen LogP contribution in [-0.2, 0) is 19.6 Å². The molecule has 0 unspecified atom stereocenters. The van der Waals surface area contributed by atoms with E-state index in [-0.39, 0.29) is 12.3 Å². The minimum atomic E-state index is -3.55. The zero-order valence-electron chi connectivity index (χ0n) is 16.4. The summed E-state index contributed by atoms with van der Waals surface area (Å²) in [6.07, 6.45) is 2.45. The van der Waals surface area contributed by atoms with Crippen LogP contribution in [0.4, 0.5) is 0 Å². The molecule has 1 aliphatic heterocycles. The Hall–Kier alpha value is -2.97. The summed E-state index contributed by atoms with van der Waals surface area (Å²) in [6.45, 7) is 0.269. The molecule has 4 rings (SSSR count). The van der Waals surface area contributed by atoms with Crippen molar-refractivity contribution in [2.24, 2.45) is 0 Å². The predicted molar refractivity (Wildman–Crippen MR) is 112 cm³/mol. The van der Waals surface area contributed by atoms with E-state index in [1.165, 1.54) is 0 Å². The highest BCUT2D eigenvalue weighted by Gasteiger charge is 2.40. The van der Waals surface area contributed by atoms with E-state index in [0.29, 0.717) is 24.0 Å². The third kappa shape index (κ3) is 3.88. The molecule has 8 heteroatoms. The highest BCUT2D eigenvalue weighted by atomic mass is 32.2. The Morgan fingerprint density at radius 1 is 1.10 bits per heavy atom. The van der Waals surface area contributed by atoms with Gasteiger partial charge >= 0.3 is 5.97 Å². The Kier molecular flexibility index (Phi) is 5.44. The highest BCUT2D eigenvalue weighted by Crippen LogP contribution is 2.29. The molecular formula is C22H22N2O5S. The first-order valence-electron chi connectivity index (χ1n) is 9.69. The minimum Gasteiger partial charge on any atom is -0.448 e. The van der Waals surface area contributed by atoms with Crippen molar-refractivity contribution in [2.45, 2.75) is 25.0 Å². The third-order valence-electron chi connectivity index (χ3n) is 5.33. The number of carbonyl (C=O) groups excluding carboxylic acids is 2. The molecule has 0 radical (unpaired) electrons. The molecule has 1 N–H and O–H groups in total. The zero-order chi connectivity index (χ0) is 21.3. The van der Waals surface area contributed by atoms with E-state index in [0.717, 1.165) is 21.5 Å². The Morgan fingerprint density at radius 3 is 2.53 bits per heavy atom. The fourth-order valence-corrected chi connectivity index (χ4v) is 5.00. The molecule has 0 bridgehead atoms. The number of aromatic amines is 1. The number of ketones is 1. The highest BCUT2D eigenvalue weighted by molar-refractivity contribution is 7.88. The predicted octanol–water partition coefficient (Wildman–Crippen LogP) is 3.06. The van der Waals surface area contributed by atoms with Gasteiger partial charge in [0.05, 0.1) is 6.26 Å². The zero-order valence-corrected chi connectivity index (χ0v) is 17.3. The van der Waals surface area contributed by atoms with E-state index in [1.54, 1.807) is 36.5 Å². The van der Waals surface area contributed by atoms with Gasteiger partial charge in [-0.25, -0.2) is 8.42 Å². The van der Waals surface area contributed by atoms with Gasteiger partial charge in [0.15, 0.2) is 6.10 Å². The van der Waals surface area contributed by atoms with E-state index in [4.69, 9.17) is 4.74 Å². The fourth-order valence-electron chi connectivity index (χ4n) is 3.88. The molecule has 3 aromatic rings. The first-order chi connectivity index (χ1) is 14.4. The van der Waals surface area contributed by atoms with Gasteiger partial charge in [-0.3, -0.25) is 9.59 Å². The molecule has 156 valence electrons. The number of esters is 1. The second-order valence-corrected chi connectivity index (χ2v) is 9.31. The summed E-state index contributed by atoms with van der Waals surface area (Å²) in [5.74, 6) is -1.07. The van der Waals surface area contributed by atoms with Crippen molar-refractivity contribution in [3.05, 3.63) is 71.9 Å². The van der Waals surface area contributed by atoms with Gasteiger partial charge < -0.3 is 9.72 Å². The molecule has 30 heavy (non-hydrogen) atoms. The van der Waals surface area contributed by atoms with Crippen LogP contribution in [0.15, 0.2) is 60.8 Å². The number of fused-ring (bicyclic) bond motifs is 1. The molecule has 0 amide bonds. The number of para-hydroxylation sites is 1. The number of hydrogen-bond acceptors (Lipinski definition) is 5. The molecule has 1 fully saturated rings. The molecule has 1 aliphatic rings. The van der Waals surface area contributed by atoms with E-state index in [2.05, 4.69) is 4.98 Å². The van der Waals surface area contributed by atoms with Crippen LogP contribution in [-0.4, -0.2) is 48.3 Å². The molecule has 0 saturated carbocycles. The van der Waals surface area contributed by atoms with Crippen LogP contribution in [0.5, 0.6) is 0 Å². The molecule has 0 aliphatic carbocycles. The van der Waals surface area contributed by atoms with Crippen LogP contribution in [0.25, 0.3) is 10.9 Å². The maximum Gasteiger partial charge on any atom is 0.325 e. The summed E-state index contributed by atoms with van der Waals surface area (Å²) < 4.78 is 30.9. The Balaban J connectivity index is 1.67. The number of benzene rings is 2. The first kappa shape index (κ1) is 20.3. The van der Waals surface area contributed by atoms with Crippen LogP contribution >= 0.6 is 0 Å². The maximum atomic E-state index is 13.4. The van der Waals surface area contributed by atoms with Gasteiger partial charge in [-0.15, -0.1) is 0 Å². The molecule has 1 saturated heterocycles. The van der Waals surface area contributed by atoms with Crippen LogP contribution in [0.1, 0.15) is 34.9 Å². The topological polar surface area (TPSA) is 96.5 Å². The SMILES string of the molecule is CS(=O)(=O)N1CCC[C@H]1C(=O)O[C@H](C(=O)c1c[nH]c2ccccc12)c1ccccc1. The van der Waals surface area contributed by atoms with Crippen LogP contribution in [0, 0.1) is 0 Å². The van der Waals surface area contributed by atoms with Crippen molar-refractivity contribution in [1.29, 1.82) is 0 Å². The standard InChI is InChI=1S/C22H22N2O5S/c1-30(27,28)24-13-7-12-19(24)22(26)29-21(15-8-3-2-4-9-15)20(25)17-14-23-18-11-6-5-10-16(17)18/h2-6,8-11,14,19,21,23H,7,12-13H2,1H3/t19-,21-/m0/s1. The summed E-state index contributed by atoms with van der Waals surface area (Å²) in [5, 5.41) is 0.734. The maximum absolute atomic E-state index is 13.4. The fraction of sp³-hybridized carbons (Fsp3) is 0.273. The molecule has 7 nitrogen and oxygen atoms in total. The van der Waals surface area contributed by atoms with Gasteiger partial charge in [-0.2, -0.15) is 4.31 Å². The summed E-state index contributed by atoms with van der Waals surface area (Å²) in [4.78, 5) is 29.4. The van der Waals surface area contributed by atoms with Gasteiger partial charge in [0, 0.05) is 34.8 Å². The number of Topliss-reactive ketones (excluding diaryl/α,β-unsaturated/α-hetero) is 1. The average Bonchev–Trinajstić information content (AvgIpc) is 3.39. The Bertz CT molecular complexity index is 1190. The molecule has 2 atom stereocenters. The minimum absolute atomic E-state index is 0.269. The summed E-state index contributed by atoms with van der Waals surface area (Å²) in [7, 11) is -3.55. The lowest BCUT2D eigenvalue weighted by Crippen LogP contribution is -2.41. The second-order valence-electron chi connectivity index (χ2n) is 7.37. The molecule has 2 aromatic carbocycles. The number of nitrogens with one attached hydrogen (secondary N) is 1. The molecule has 0 spiro atoms. The smallest absolute Gasteiger partial charge is 0.325 e. The van der Waals surface area contributed by atoms with Crippen molar-refractivity contribution < 1.29 is 22.7 Å². The van der Waals surface area contributed by atoms with Crippen molar-refractivity contribution >= 4 is 32.7 Å². The van der Waals surface area contributed by atoms with E-state index in [1.807, 2.05) is 24.3 Å². The van der Waals surface area contributed by atoms with Crippen LogP contribution in [0.2, 0.25) is 0 Å². The molecular weight excluding hydrogens is 404 g/mol. The van der Waals surface area contributed by atoms with Crippen LogP contribution < -0.4 is 0 Å². The summed E-state index contributed by atoms with van der Waals surface area (Å²) in [5.41, 5.74) is 1.75.